The summed E-state index contributed by atoms with van der Waals surface area (Å²) in [5, 5.41) is 0. The number of fused-ring (bicyclic) bond motifs is 1. The third-order valence-electron chi connectivity index (χ3n) is 4.58. The smallest absolute Gasteiger partial charge is 0.416 e. The van der Waals surface area contributed by atoms with Crippen molar-refractivity contribution in [3.05, 3.63) is 107 Å². The lowest BCUT2D eigenvalue weighted by Gasteiger charge is -2.28. The highest BCUT2D eigenvalue weighted by atomic mass is 19.4. The van der Waals surface area contributed by atoms with Crippen molar-refractivity contribution in [3.8, 4) is 5.75 Å². The number of ketones is 1. The number of Topliss-reactive ketones (excluding diaryl/α,β-unsaturated/α-hetero) is 1. The zero-order chi connectivity index (χ0) is 19.7. The number of benzene rings is 3. The van der Waals surface area contributed by atoms with E-state index in [9.17, 15) is 18.0 Å². The van der Waals surface area contributed by atoms with E-state index in [0.29, 0.717) is 22.4 Å². The summed E-state index contributed by atoms with van der Waals surface area (Å²) < 4.78 is 44.5. The molecule has 5 heteroatoms. The van der Waals surface area contributed by atoms with Crippen molar-refractivity contribution in [3.63, 3.8) is 0 Å². The van der Waals surface area contributed by atoms with Crippen molar-refractivity contribution < 1.29 is 22.7 Å². The van der Waals surface area contributed by atoms with Crippen LogP contribution >= 0.6 is 0 Å². The first kappa shape index (κ1) is 18.0. The Balaban J connectivity index is 1.79. The van der Waals surface area contributed by atoms with Crippen LogP contribution in [0.5, 0.6) is 5.75 Å². The summed E-state index contributed by atoms with van der Waals surface area (Å²) in [7, 11) is 0. The molecule has 1 heterocycles. The zero-order valence-electron chi connectivity index (χ0n) is 14.6. The standard InChI is InChI=1S/C23H15F3O2/c24-23(25,26)17-12-10-15(11-13-17)14-19-21(27)18-8-4-5-9-20(18)28-22(19)16-6-2-1-3-7-16/h1-14,22H/b19-14-/t22-/m0/s1. The number of ether oxygens (including phenoxy) is 1. The summed E-state index contributed by atoms with van der Waals surface area (Å²) in [6, 6.07) is 20.9. The summed E-state index contributed by atoms with van der Waals surface area (Å²) in [5.74, 6) is 0.293. The molecule has 1 aliphatic heterocycles. The van der Waals surface area contributed by atoms with Gasteiger partial charge in [-0.25, -0.2) is 0 Å². The van der Waals surface area contributed by atoms with Gasteiger partial charge in [-0.05, 0) is 41.5 Å². The van der Waals surface area contributed by atoms with Crippen molar-refractivity contribution in [2.45, 2.75) is 12.3 Å². The van der Waals surface area contributed by atoms with Gasteiger partial charge in [0.05, 0.1) is 11.1 Å². The van der Waals surface area contributed by atoms with Crippen LogP contribution in [-0.4, -0.2) is 5.78 Å². The summed E-state index contributed by atoms with van der Waals surface area (Å²) in [5.41, 5.74) is 1.38. The fourth-order valence-corrected chi connectivity index (χ4v) is 3.19. The molecule has 0 saturated heterocycles. The minimum Gasteiger partial charge on any atom is -0.480 e. The minimum atomic E-state index is -4.40. The molecule has 1 aliphatic rings. The molecule has 3 aromatic carbocycles. The van der Waals surface area contributed by atoms with Crippen LogP contribution in [0.25, 0.3) is 6.08 Å². The average molecular weight is 380 g/mol. The summed E-state index contributed by atoms with van der Waals surface area (Å²) in [4.78, 5) is 13.1. The Morgan fingerprint density at radius 2 is 1.46 bits per heavy atom. The average Bonchev–Trinajstić information content (AvgIpc) is 2.70. The van der Waals surface area contributed by atoms with Crippen LogP contribution in [0.4, 0.5) is 13.2 Å². The van der Waals surface area contributed by atoms with Crippen LogP contribution in [-0.2, 0) is 6.18 Å². The monoisotopic (exact) mass is 380 g/mol. The van der Waals surface area contributed by atoms with Gasteiger partial charge in [0.2, 0.25) is 0 Å². The zero-order valence-corrected chi connectivity index (χ0v) is 14.6. The molecule has 0 spiro atoms. The second kappa shape index (κ2) is 7.00. The summed E-state index contributed by atoms with van der Waals surface area (Å²) in [6.07, 6.45) is -3.44. The fourth-order valence-electron chi connectivity index (χ4n) is 3.19. The highest BCUT2D eigenvalue weighted by Crippen LogP contribution is 2.39. The number of hydrogen-bond donors (Lipinski definition) is 0. The van der Waals surface area contributed by atoms with Crippen molar-refractivity contribution in [2.24, 2.45) is 0 Å². The van der Waals surface area contributed by atoms with E-state index < -0.39 is 17.8 Å². The Hall–Kier alpha value is -3.34. The molecule has 0 fully saturated rings. The number of hydrogen-bond acceptors (Lipinski definition) is 2. The van der Waals surface area contributed by atoms with Gasteiger partial charge in [0, 0.05) is 5.57 Å². The van der Waals surface area contributed by atoms with Gasteiger partial charge in [-0.3, -0.25) is 4.79 Å². The number of halogens is 3. The lowest BCUT2D eigenvalue weighted by atomic mass is 9.89. The first-order valence-electron chi connectivity index (χ1n) is 8.67. The van der Waals surface area contributed by atoms with Gasteiger partial charge in [0.15, 0.2) is 11.9 Å². The largest absolute Gasteiger partial charge is 0.480 e. The number of rotatable bonds is 2. The van der Waals surface area contributed by atoms with Gasteiger partial charge in [-0.15, -0.1) is 0 Å². The van der Waals surface area contributed by atoms with Crippen LogP contribution in [0.3, 0.4) is 0 Å². The molecule has 0 saturated carbocycles. The fraction of sp³-hybridized carbons (Fsp3) is 0.0870. The van der Waals surface area contributed by atoms with Crippen molar-refractivity contribution >= 4 is 11.9 Å². The Morgan fingerprint density at radius 3 is 2.14 bits per heavy atom. The second-order valence-corrected chi connectivity index (χ2v) is 6.45. The molecule has 0 radical (unpaired) electrons. The molecule has 2 nitrogen and oxygen atoms in total. The van der Waals surface area contributed by atoms with E-state index in [1.54, 1.807) is 30.3 Å². The summed E-state index contributed by atoms with van der Waals surface area (Å²) >= 11 is 0. The third-order valence-corrected chi connectivity index (χ3v) is 4.58. The van der Waals surface area contributed by atoms with Crippen LogP contribution in [0.15, 0.2) is 84.4 Å². The molecule has 140 valence electrons. The normalized spacial score (nSPS) is 17.9. The van der Waals surface area contributed by atoms with E-state index in [4.69, 9.17) is 4.74 Å². The molecule has 3 aromatic rings. The molecule has 0 N–H and O–H groups in total. The molecular formula is C23H15F3O2. The molecule has 4 rings (SSSR count). The molecule has 0 unspecified atom stereocenters. The first-order chi connectivity index (χ1) is 13.4. The van der Waals surface area contributed by atoms with E-state index in [-0.39, 0.29) is 5.78 Å². The first-order valence-corrected chi connectivity index (χ1v) is 8.67. The van der Waals surface area contributed by atoms with Gasteiger partial charge >= 0.3 is 6.18 Å². The lowest BCUT2D eigenvalue weighted by Crippen LogP contribution is -2.23. The third kappa shape index (κ3) is 3.43. The SMILES string of the molecule is O=C1/C(=C/c2ccc(C(F)(F)F)cc2)[C@H](c2ccccc2)Oc2ccccc21. The quantitative estimate of drug-likeness (QED) is 0.502. The topological polar surface area (TPSA) is 26.3 Å². The molecular weight excluding hydrogens is 365 g/mol. The summed E-state index contributed by atoms with van der Waals surface area (Å²) in [6.45, 7) is 0. The Kier molecular flexibility index (Phi) is 4.51. The predicted octanol–water partition coefficient (Wildman–Crippen LogP) is 6.11. The van der Waals surface area contributed by atoms with E-state index in [1.807, 2.05) is 30.3 Å². The van der Waals surface area contributed by atoms with Crippen LogP contribution in [0.1, 0.15) is 33.2 Å². The maximum Gasteiger partial charge on any atom is 0.416 e. The molecule has 0 aromatic heterocycles. The van der Waals surface area contributed by atoms with Gasteiger partial charge in [0.1, 0.15) is 5.75 Å². The van der Waals surface area contributed by atoms with E-state index in [0.717, 1.165) is 17.7 Å². The molecule has 28 heavy (non-hydrogen) atoms. The van der Waals surface area contributed by atoms with Gasteiger partial charge < -0.3 is 4.74 Å². The van der Waals surface area contributed by atoms with E-state index in [2.05, 4.69) is 0 Å². The predicted molar refractivity (Wildman–Crippen MR) is 100 cm³/mol. The molecule has 0 aliphatic carbocycles. The Morgan fingerprint density at radius 1 is 0.821 bits per heavy atom. The van der Waals surface area contributed by atoms with Crippen LogP contribution in [0.2, 0.25) is 0 Å². The van der Waals surface area contributed by atoms with Gasteiger partial charge in [0.25, 0.3) is 0 Å². The Bertz CT molecular complexity index is 1040. The Labute approximate surface area is 159 Å². The highest BCUT2D eigenvalue weighted by Gasteiger charge is 2.33. The molecule has 0 bridgehead atoms. The second-order valence-electron chi connectivity index (χ2n) is 6.45. The maximum absolute atomic E-state index is 13.1. The highest BCUT2D eigenvalue weighted by molar-refractivity contribution is 6.14. The molecule has 0 amide bonds. The van der Waals surface area contributed by atoms with Gasteiger partial charge in [-0.1, -0.05) is 54.6 Å². The minimum absolute atomic E-state index is 0.199. The van der Waals surface area contributed by atoms with Gasteiger partial charge in [-0.2, -0.15) is 13.2 Å². The number of alkyl halides is 3. The van der Waals surface area contributed by atoms with Crippen LogP contribution < -0.4 is 4.74 Å². The van der Waals surface area contributed by atoms with Crippen molar-refractivity contribution in [1.29, 1.82) is 0 Å². The van der Waals surface area contributed by atoms with E-state index in [1.165, 1.54) is 12.1 Å². The number of para-hydroxylation sites is 1. The number of carbonyl (C=O) groups is 1. The van der Waals surface area contributed by atoms with Crippen molar-refractivity contribution in [1.82, 2.24) is 0 Å². The number of carbonyl (C=O) groups excluding carboxylic acids is 1. The molecule has 1 atom stereocenters. The lowest BCUT2D eigenvalue weighted by molar-refractivity contribution is -0.137. The van der Waals surface area contributed by atoms with E-state index >= 15 is 0 Å². The van der Waals surface area contributed by atoms with Crippen LogP contribution in [0, 0.1) is 0 Å². The van der Waals surface area contributed by atoms with Crippen molar-refractivity contribution in [2.75, 3.05) is 0 Å². The maximum atomic E-state index is 13.1.